The molecule has 0 aromatic carbocycles. The highest BCUT2D eigenvalue weighted by molar-refractivity contribution is 5.36. The van der Waals surface area contributed by atoms with Gasteiger partial charge < -0.3 is 4.57 Å². The van der Waals surface area contributed by atoms with Crippen molar-refractivity contribution in [2.75, 3.05) is 13.1 Å². The largest absolute Gasteiger partial charge is 0.303 e. The molecule has 106 valence electrons. The van der Waals surface area contributed by atoms with Crippen molar-refractivity contribution in [1.29, 1.82) is 0 Å². The van der Waals surface area contributed by atoms with Crippen molar-refractivity contribution in [3.8, 4) is 5.82 Å². The molecule has 0 spiro atoms. The Kier molecular flexibility index (Phi) is 3.88. The molecular weight excluding hydrogens is 246 g/mol. The van der Waals surface area contributed by atoms with Gasteiger partial charge in [0.15, 0.2) is 0 Å². The SMILES string of the molecule is Cc1cc(CN2CCCCC2)c(C)n1-c1ccccn1. The molecule has 1 saturated heterocycles. The fraction of sp³-hybridized carbons (Fsp3) is 0.471. The average Bonchev–Trinajstić information content (AvgIpc) is 2.75. The molecule has 0 atom stereocenters. The fourth-order valence-electron chi connectivity index (χ4n) is 3.19. The lowest BCUT2D eigenvalue weighted by molar-refractivity contribution is 0.220. The van der Waals surface area contributed by atoms with Crippen LogP contribution in [0, 0.1) is 13.8 Å². The second-order valence-electron chi connectivity index (χ2n) is 5.76. The molecule has 0 bridgehead atoms. The molecule has 3 rings (SSSR count). The third-order valence-electron chi connectivity index (χ3n) is 4.26. The minimum absolute atomic E-state index is 1.02. The summed E-state index contributed by atoms with van der Waals surface area (Å²) in [5.41, 5.74) is 4.04. The van der Waals surface area contributed by atoms with Crippen molar-refractivity contribution in [2.24, 2.45) is 0 Å². The molecule has 0 unspecified atom stereocenters. The van der Waals surface area contributed by atoms with Gasteiger partial charge in [-0.15, -0.1) is 0 Å². The van der Waals surface area contributed by atoms with Crippen LogP contribution in [-0.2, 0) is 6.54 Å². The van der Waals surface area contributed by atoms with Gasteiger partial charge in [-0.3, -0.25) is 4.90 Å². The van der Waals surface area contributed by atoms with Crippen molar-refractivity contribution in [2.45, 2.75) is 39.7 Å². The van der Waals surface area contributed by atoms with E-state index in [-0.39, 0.29) is 0 Å². The highest BCUT2D eigenvalue weighted by atomic mass is 15.1. The molecule has 1 aliphatic heterocycles. The van der Waals surface area contributed by atoms with Gasteiger partial charge >= 0.3 is 0 Å². The summed E-state index contributed by atoms with van der Waals surface area (Å²) in [4.78, 5) is 7.06. The number of pyridine rings is 1. The Morgan fingerprint density at radius 3 is 2.60 bits per heavy atom. The molecule has 20 heavy (non-hydrogen) atoms. The van der Waals surface area contributed by atoms with Crippen molar-refractivity contribution >= 4 is 0 Å². The lowest BCUT2D eigenvalue weighted by atomic mass is 10.1. The van der Waals surface area contributed by atoms with Crippen molar-refractivity contribution in [3.63, 3.8) is 0 Å². The van der Waals surface area contributed by atoms with Gasteiger partial charge in [-0.05, 0) is 63.5 Å². The van der Waals surface area contributed by atoms with E-state index < -0.39 is 0 Å². The first kappa shape index (κ1) is 13.4. The standard InChI is InChI=1S/C17H23N3/c1-14-12-16(13-19-10-6-3-7-11-19)15(2)20(14)17-8-4-5-9-18-17/h4-5,8-9,12H,3,6-7,10-11,13H2,1-2H3. The zero-order chi connectivity index (χ0) is 13.9. The van der Waals surface area contributed by atoms with Crippen LogP contribution in [0.2, 0.25) is 0 Å². The zero-order valence-electron chi connectivity index (χ0n) is 12.5. The van der Waals surface area contributed by atoms with Crippen LogP contribution in [0.4, 0.5) is 0 Å². The molecule has 1 aliphatic rings. The number of aryl methyl sites for hydroxylation is 1. The van der Waals surface area contributed by atoms with Crippen LogP contribution < -0.4 is 0 Å². The average molecular weight is 269 g/mol. The first-order valence-electron chi connectivity index (χ1n) is 7.57. The first-order chi connectivity index (χ1) is 9.75. The minimum Gasteiger partial charge on any atom is -0.303 e. The Balaban J connectivity index is 1.87. The van der Waals surface area contributed by atoms with Crippen LogP contribution in [0.5, 0.6) is 0 Å². The van der Waals surface area contributed by atoms with E-state index in [1.165, 1.54) is 49.3 Å². The van der Waals surface area contributed by atoms with Crippen molar-refractivity contribution in [1.82, 2.24) is 14.5 Å². The Bertz CT molecular complexity index is 565. The molecule has 3 heteroatoms. The quantitative estimate of drug-likeness (QED) is 0.850. The molecule has 2 aromatic rings. The Morgan fingerprint density at radius 2 is 1.90 bits per heavy atom. The maximum Gasteiger partial charge on any atom is 0.136 e. The maximum absolute atomic E-state index is 4.48. The van der Waals surface area contributed by atoms with E-state index >= 15 is 0 Å². The van der Waals surface area contributed by atoms with Crippen LogP contribution in [0.3, 0.4) is 0 Å². The van der Waals surface area contributed by atoms with Gasteiger partial charge in [0.25, 0.3) is 0 Å². The summed E-state index contributed by atoms with van der Waals surface area (Å²) in [5.74, 6) is 1.02. The molecule has 1 fully saturated rings. The third-order valence-corrected chi connectivity index (χ3v) is 4.26. The third kappa shape index (κ3) is 2.63. The number of rotatable bonds is 3. The molecule has 3 heterocycles. The number of likely N-dealkylation sites (tertiary alicyclic amines) is 1. The van der Waals surface area contributed by atoms with E-state index in [1.54, 1.807) is 0 Å². The second kappa shape index (κ2) is 5.80. The van der Waals surface area contributed by atoms with Gasteiger partial charge in [-0.2, -0.15) is 0 Å². The number of nitrogens with zero attached hydrogens (tertiary/aromatic N) is 3. The molecule has 3 nitrogen and oxygen atoms in total. The number of hydrogen-bond donors (Lipinski definition) is 0. The van der Waals surface area contributed by atoms with Crippen molar-refractivity contribution < 1.29 is 0 Å². The van der Waals surface area contributed by atoms with Gasteiger partial charge in [-0.1, -0.05) is 12.5 Å². The van der Waals surface area contributed by atoms with Gasteiger partial charge in [0.2, 0.25) is 0 Å². The van der Waals surface area contributed by atoms with E-state index in [1.807, 2.05) is 18.3 Å². The van der Waals surface area contributed by atoms with Crippen LogP contribution in [0.1, 0.15) is 36.2 Å². The summed E-state index contributed by atoms with van der Waals surface area (Å²) in [6, 6.07) is 8.40. The Morgan fingerprint density at radius 1 is 1.10 bits per heavy atom. The summed E-state index contributed by atoms with van der Waals surface area (Å²) in [6.45, 7) is 7.94. The normalized spacial score (nSPS) is 16.5. The molecule has 2 aromatic heterocycles. The fourth-order valence-corrected chi connectivity index (χ4v) is 3.19. The minimum atomic E-state index is 1.02. The van der Waals surface area contributed by atoms with Gasteiger partial charge in [0, 0.05) is 24.1 Å². The van der Waals surface area contributed by atoms with Crippen molar-refractivity contribution in [3.05, 3.63) is 47.4 Å². The molecule has 0 radical (unpaired) electrons. The Hall–Kier alpha value is -1.61. The molecule has 0 aliphatic carbocycles. The van der Waals surface area contributed by atoms with E-state index in [2.05, 4.69) is 40.4 Å². The monoisotopic (exact) mass is 269 g/mol. The predicted octanol–water partition coefficient (Wildman–Crippen LogP) is 3.48. The smallest absolute Gasteiger partial charge is 0.136 e. The van der Waals surface area contributed by atoms with E-state index in [0.717, 1.165) is 12.4 Å². The predicted molar refractivity (Wildman–Crippen MR) is 82.2 cm³/mol. The van der Waals surface area contributed by atoms with Crippen LogP contribution in [0.15, 0.2) is 30.5 Å². The van der Waals surface area contributed by atoms with Crippen LogP contribution in [0.25, 0.3) is 5.82 Å². The van der Waals surface area contributed by atoms with E-state index in [4.69, 9.17) is 0 Å². The number of hydrogen-bond acceptors (Lipinski definition) is 2. The highest BCUT2D eigenvalue weighted by Gasteiger charge is 2.15. The van der Waals surface area contributed by atoms with Gasteiger partial charge in [-0.25, -0.2) is 4.98 Å². The number of piperidine rings is 1. The highest BCUT2D eigenvalue weighted by Crippen LogP contribution is 2.22. The van der Waals surface area contributed by atoms with Crippen LogP contribution in [-0.4, -0.2) is 27.5 Å². The van der Waals surface area contributed by atoms with Gasteiger partial charge in [0.05, 0.1) is 0 Å². The summed E-state index contributed by atoms with van der Waals surface area (Å²) >= 11 is 0. The summed E-state index contributed by atoms with van der Waals surface area (Å²) in [6.07, 6.45) is 5.94. The maximum atomic E-state index is 4.48. The summed E-state index contributed by atoms with van der Waals surface area (Å²) in [7, 11) is 0. The second-order valence-corrected chi connectivity index (χ2v) is 5.76. The lowest BCUT2D eigenvalue weighted by Crippen LogP contribution is -2.29. The van der Waals surface area contributed by atoms with E-state index in [0.29, 0.717) is 0 Å². The van der Waals surface area contributed by atoms with Crippen LogP contribution >= 0.6 is 0 Å². The molecule has 0 N–H and O–H groups in total. The molecule has 0 amide bonds. The van der Waals surface area contributed by atoms with E-state index in [9.17, 15) is 0 Å². The van der Waals surface area contributed by atoms with Gasteiger partial charge in [0.1, 0.15) is 5.82 Å². The first-order valence-corrected chi connectivity index (χ1v) is 7.57. The topological polar surface area (TPSA) is 21.1 Å². The summed E-state index contributed by atoms with van der Waals surface area (Å²) < 4.78 is 2.26. The zero-order valence-corrected chi connectivity index (χ0v) is 12.5. The number of aromatic nitrogens is 2. The molecular formula is C17H23N3. The summed E-state index contributed by atoms with van der Waals surface area (Å²) in [5, 5.41) is 0. The lowest BCUT2D eigenvalue weighted by Gasteiger charge is -2.26. The Labute approximate surface area is 121 Å². The molecule has 0 saturated carbocycles.